The standard InChI is InChI=1S/C20H28N2O/c1-18(2,3)17-22-14-11-13-12(9-15(14)23-17)10-16-19(4,5)20(13,6)7-8-21-16/h9,11,16,21H,7-8,10H2,1-6H3/t16-,20+/m1/s1. The second-order valence-corrected chi connectivity index (χ2v) is 9.26. The van der Waals surface area contributed by atoms with Gasteiger partial charge in [-0.15, -0.1) is 0 Å². The summed E-state index contributed by atoms with van der Waals surface area (Å²) in [6.07, 6.45) is 2.26. The predicted molar refractivity (Wildman–Crippen MR) is 94.0 cm³/mol. The van der Waals surface area contributed by atoms with E-state index in [2.05, 4.69) is 59.0 Å². The molecule has 0 spiro atoms. The summed E-state index contributed by atoms with van der Waals surface area (Å²) in [5.41, 5.74) is 5.28. The topological polar surface area (TPSA) is 38.1 Å². The highest BCUT2D eigenvalue weighted by molar-refractivity contribution is 5.76. The van der Waals surface area contributed by atoms with E-state index in [9.17, 15) is 0 Å². The average Bonchev–Trinajstić information content (AvgIpc) is 2.84. The normalized spacial score (nSPS) is 29.6. The summed E-state index contributed by atoms with van der Waals surface area (Å²) in [5, 5.41) is 3.74. The van der Waals surface area contributed by atoms with Crippen LogP contribution in [0.4, 0.5) is 0 Å². The van der Waals surface area contributed by atoms with Crippen LogP contribution in [0, 0.1) is 5.41 Å². The SMILES string of the molecule is CC(C)(C)c1nc2cc3c(cc2o1)C[C@H]1NCC[C@]3(C)C1(C)C. The maximum Gasteiger partial charge on any atom is 0.200 e. The molecule has 2 aromatic rings. The van der Waals surface area contributed by atoms with Crippen LogP contribution in [-0.2, 0) is 17.3 Å². The van der Waals surface area contributed by atoms with Gasteiger partial charge in [0, 0.05) is 16.9 Å². The quantitative estimate of drug-likeness (QED) is 0.787. The molecule has 0 amide bonds. The molecule has 3 nitrogen and oxygen atoms in total. The molecule has 1 fully saturated rings. The van der Waals surface area contributed by atoms with Crippen molar-refractivity contribution in [1.29, 1.82) is 0 Å². The molecular weight excluding hydrogens is 284 g/mol. The highest BCUT2D eigenvalue weighted by atomic mass is 16.3. The van der Waals surface area contributed by atoms with Gasteiger partial charge in [-0.25, -0.2) is 4.98 Å². The van der Waals surface area contributed by atoms with Gasteiger partial charge in [0.05, 0.1) is 0 Å². The van der Waals surface area contributed by atoms with Gasteiger partial charge in [0.25, 0.3) is 0 Å². The Kier molecular flexibility index (Phi) is 2.90. The molecule has 1 N–H and O–H groups in total. The van der Waals surface area contributed by atoms with Gasteiger partial charge in [-0.05, 0) is 48.1 Å². The molecule has 0 unspecified atom stereocenters. The van der Waals surface area contributed by atoms with Crippen molar-refractivity contribution in [2.45, 2.75) is 71.3 Å². The summed E-state index contributed by atoms with van der Waals surface area (Å²) < 4.78 is 6.07. The fourth-order valence-corrected chi connectivity index (χ4v) is 4.51. The van der Waals surface area contributed by atoms with Gasteiger partial charge < -0.3 is 9.73 Å². The molecule has 1 aliphatic carbocycles. The number of aromatic nitrogens is 1. The second-order valence-electron chi connectivity index (χ2n) is 9.26. The van der Waals surface area contributed by atoms with Crippen molar-refractivity contribution in [3.05, 3.63) is 29.2 Å². The van der Waals surface area contributed by atoms with Gasteiger partial charge in [-0.2, -0.15) is 0 Å². The lowest BCUT2D eigenvalue weighted by molar-refractivity contribution is 0.0561. The van der Waals surface area contributed by atoms with Gasteiger partial charge in [0.1, 0.15) is 5.52 Å². The van der Waals surface area contributed by atoms with Crippen LogP contribution in [0.1, 0.15) is 65.0 Å². The zero-order valence-corrected chi connectivity index (χ0v) is 15.2. The van der Waals surface area contributed by atoms with E-state index in [1.165, 1.54) is 17.5 Å². The van der Waals surface area contributed by atoms with Crippen LogP contribution >= 0.6 is 0 Å². The van der Waals surface area contributed by atoms with E-state index in [0.717, 1.165) is 30.0 Å². The third kappa shape index (κ3) is 1.95. The molecule has 0 radical (unpaired) electrons. The highest BCUT2D eigenvalue weighted by Crippen LogP contribution is 2.54. The minimum absolute atomic E-state index is 0.0554. The van der Waals surface area contributed by atoms with Gasteiger partial charge in [0.15, 0.2) is 5.58 Å². The van der Waals surface area contributed by atoms with Crippen molar-refractivity contribution in [3.63, 3.8) is 0 Å². The maximum absolute atomic E-state index is 6.07. The number of hydrogen-bond donors (Lipinski definition) is 1. The zero-order chi connectivity index (χ0) is 16.6. The Morgan fingerprint density at radius 1 is 1.22 bits per heavy atom. The van der Waals surface area contributed by atoms with Crippen LogP contribution in [0.15, 0.2) is 16.5 Å². The molecule has 2 aliphatic rings. The summed E-state index contributed by atoms with van der Waals surface area (Å²) in [5.74, 6) is 0.834. The van der Waals surface area contributed by atoms with Crippen LogP contribution in [-0.4, -0.2) is 17.6 Å². The van der Waals surface area contributed by atoms with E-state index in [1.54, 1.807) is 0 Å². The molecule has 0 saturated carbocycles. The first kappa shape index (κ1) is 15.2. The van der Waals surface area contributed by atoms with Crippen LogP contribution in [0.5, 0.6) is 0 Å². The molecule has 2 atom stereocenters. The van der Waals surface area contributed by atoms with E-state index in [4.69, 9.17) is 9.40 Å². The fraction of sp³-hybridized carbons (Fsp3) is 0.650. The number of oxazole rings is 1. The molecule has 2 bridgehead atoms. The first-order chi connectivity index (χ1) is 10.6. The minimum Gasteiger partial charge on any atom is -0.440 e. The third-order valence-electron chi connectivity index (χ3n) is 6.58. The molecule has 1 aromatic heterocycles. The van der Waals surface area contributed by atoms with Crippen LogP contribution in [0.3, 0.4) is 0 Å². The summed E-state index contributed by atoms with van der Waals surface area (Å²) in [4.78, 5) is 4.79. The summed E-state index contributed by atoms with van der Waals surface area (Å²) in [7, 11) is 0. The van der Waals surface area contributed by atoms with E-state index < -0.39 is 0 Å². The van der Waals surface area contributed by atoms with Crippen molar-refractivity contribution in [2.75, 3.05) is 6.54 Å². The third-order valence-corrected chi connectivity index (χ3v) is 6.58. The van der Waals surface area contributed by atoms with Crippen molar-refractivity contribution in [3.8, 4) is 0 Å². The number of piperidine rings is 1. The van der Waals surface area contributed by atoms with Gasteiger partial charge in [-0.3, -0.25) is 0 Å². The van der Waals surface area contributed by atoms with E-state index >= 15 is 0 Å². The zero-order valence-electron chi connectivity index (χ0n) is 15.2. The summed E-state index contributed by atoms with van der Waals surface area (Å²) in [6.45, 7) is 14.8. The Morgan fingerprint density at radius 2 is 1.96 bits per heavy atom. The Labute approximate surface area is 138 Å². The largest absolute Gasteiger partial charge is 0.440 e. The molecule has 1 aromatic carbocycles. The van der Waals surface area contributed by atoms with E-state index in [-0.39, 0.29) is 16.2 Å². The van der Waals surface area contributed by atoms with Crippen LogP contribution < -0.4 is 5.32 Å². The van der Waals surface area contributed by atoms with Crippen LogP contribution in [0.2, 0.25) is 0 Å². The number of hydrogen-bond acceptors (Lipinski definition) is 3. The summed E-state index contributed by atoms with van der Waals surface area (Å²) >= 11 is 0. The van der Waals surface area contributed by atoms with Gasteiger partial charge in [-0.1, -0.05) is 41.5 Å². The summed E-state index contributed by atoms with van der Waals surface area (Å²) in [6, 6.07) is 5.10. The average molecular weight is 312 g/mol. The van der Waals surface area contributed by atoms with Crippen molar-refractivity contribution in [1.82, 2.24) is 10.3 Å². The fourth-order valence-electron chi connectivity index (χ4n) is 4.51. The molecule has 2 heterocycles. The molecule has 23 heavy (non-hydrogen) atoms. The van der Waals surface area contributed by atoms with Crippen molar-refractivity contribution < 1.29 is 4.42 Å². The number of rotatable bonds is 0. The molecular formula is C20H28N2O. The first-order valence-electron chi connectivity index (χ1n) is 8.81. The van der Waals surface area contributed by atoms with E-state index in [0.29, 0.717) is 6.04 Å². The molecule has 4 rings (SSSR count). The molecule has 3 heteroatoms. The van der Waals surface area contributed by atoms with E-state index in [1.807, 2.05) is 0 Å². The molecule has 124 valence electrons. The number of nitrogens with one attached hydrogen (secondary N) is 1. The Hall–Kier alpha value is -1.35. The second kappa shape index (κ2) is 4.38. The predicted octanol–water partition coefficient (Wildman–Crippen LogP) is 4.33. The lowest BCUT2D eigenvalue weighted by Crippen LogP contribution is -2.62. The van der Waals surface area contributed by atoms with Gasteiger partial charge >= 0.3 is 0 Å². The van der Waals surface area contributed by atoms with Crippen molar-refractivity contribution >= 4 is 11.1 Å². The Morgan fingerprint density at radius 3 is 2.65 bits per heavy atom. The first-order valence-corrected chi connectivity index (χ1v) is 8.81. The smallest absolute Gasteiger partial charge is 0.200 e. The Balaban J connectivity index is 1.94. The lowest BCUT2D eigenvalue weighted by Gasteiger charge is -2.57. The van der Waals surface area contributed by atoms with Crippen molar-refractivity contribution in [2.24, 2.45) is 5.41 Å². The monoisotopic (exact) mass is 312 g/mol. The lowest BCUT2D eigenvalue weighted by atomic mass is 9.51. The maximum atomic E-state index is 6.07. The Bertz CT molecular complexity index is 781. The molecule has 1 aliphatic heterocycles. The van der Waals surface area contributed by atoms with Gasteiger partial charge in [0.2, 0.25) is 5.89 Å². The minimum atomic E-state index is -0.0554. The highest BCUT2D eigenvalue weighted by Gasteiger charge is 2.53. The molecule has 1 saturated heterocycles. The van der Waals surface area contributed by atoms with Crippen LogP contribution in [0.25, 0.3) is 11.1 Å². The number of fused-ring (bicyclic) bond motifs is 5. The number of nitrogens with zero attached hydrogens (tertiary/aromatic N) is 1. The number of benzene rings is 1.